The molecule has 1 saturated heterocycles. The van der Waals surface area contributed by atoms with Crippen LogP contribution in [-0.2, 0) is 4.79 Å². The molecule has 3 rings (SSSR count). The van der Waals surface area contributed by atoms with Gasteiger partial charge in [0.2, 0.25) is 11.9 Å². The zero-order chi connectivity index (χ0) is 17.6. The fourth-order valence-corrected chi connectivity index (χ4v) is 3.01. The summed E-state index contributed by atoms with van der Waals surface area (Å²) in [4.78, 5) is 37.3. The minimum absolute atomic E-state index is 0.105. The lowest BCUT2D eigenvalue weighted by Gasteiger charge is -2.25. The maximum atomic E-state index is 12.4. The minimum atomic E-state index is -0.225. The summed E-state index contributed by atoms with van der Waals surface area (Å²) < 4.78 is 0. The van der Waals surface area contributed by atoms with E-state index < -0.39 is 0 Å². The van der Waals surface area contributed by atoms with Crippen LogP contribution in [0.25, 0.3) is 11.4 Å². The zero-order valence-electron chi connectivity index (χ0n) is 14.4. The average molecular weight is 341 g/mol. The molecule has 0 aromatic carbocycles. The van der Waals surface area contributed by atoms with Crippen LogP contribution in [0, 0.1) is 0 Å². The van der Waals surface area contributed by atoms with Crippen LogP contribution in [0.3, 0.4) is 0 Å². The van der Waals surface area contributed by atoms with Crippen LogP contribution < -0.4 is 5.32 Å². The number of Topliss-reactive ketones (excluding diaryl/α,β-unsaturated/α-hetero) is 1. The number of likely N-dealkylation sites (tertiary alicyclic amines) is 1. The summed E-state index contributed by atoms with van der Waals surface area (Å²) in [5, 5.41) is 2.55. The summed E-state index contributed by atoms with van der Waals surface area (Å²) in [6.45, 7) is 4.41. The summed E-state index contributed by atoms with van der Waals surface area (Å²) in [5.41, 5.74) is 1.95. The second-order valence-corrected chi connectivity index (χ2v) is 6.31. The molecule has 0 radical (unpaired) electrons. The third-order valence-corrected chi connectivity index (χ3v) is 4.31. The summed E-state index contributed by atoms with van der Waals surface area (Å²) in [5.74, 6) is 0.128. The van der Waals surface area contributed by atoms with Crippen LogP contribution in [0.5, 0.6) is 0 Å². The average Bonchev–Trinajstić information content (AvgIpc) is 3.10. The Balaban J connectivity index is 1.63. The van der Waals surface area contributed by atoms with Crippen LogP contribution in [0.1, 0.15) is 43.1 Å². The number of carbonyl (C=O) groups excluding carboxylic acids is 2. The van der Waals surface area contributed by atoms with E-state index in [1.807, 2.05) is 6.07 Å². The Kier molecular flexibility index (Phi) is 5.55. The molecule has 2 aromatic rings. The van der Waals surface area contributed by atoms with Gasteiger partial charge in [-0.1, -0.05) is 6.42 Å². The van der Waals surface area contributed by atoms with E-state index >= 15 is 0 Å². The van der Waals surface area contributed by atoms with Gasteiger partial charge >= 0.3 is 0 Å². The van der Waals surface area contributed by atoms with Crippen molar-refractivity contribution in [3.05, 3.63) is 30.1 Å². The second-order valence-electron chi connectivity index (χ2n) is 6.31. The second kappa shape index (κ2) is 8.02. The van der Waals surface area contributed by atoms with Crippen molar-refractivity contribution in [3.8, 4) is 11.4 Å². The monoisotopic (exact) mass is 341 g/mol. The number of aromatic amines is 1. The van der Waals surface area contributed by atoms with Gasteiger partial charge in [-0.05, 0) is 44.1 Å². The standard InChI is InChI=1S/C18H23N5O2/c1-13(24)20-18-19-9-7-15(22-18)14-5-6-16(21-14)17(25)8-12-23-10-3-2-4-11-23/h5-7,9,21H,2-4,8,10-12H2,1H3,(H,19,20,22,24). The van der Waals surface area contributed by atoms with E-state index in [0.717, 1.165) is 25.3 Å². The predicted molar refractivity (Wildman–Crippen MR) is 95.4 cm³/mol. The number of H-pyrrole nitrogens is 1. The fourth-order valence-electron chi connectivity index (χ4n) is 3.01. The first-order chi connectivity index (χ1) is 12.1. The minimum Gasteiger partial charge on any atom is -0.351 e. The number of rotatable bonds is 6. The van der Waals surface area contributed by atoms with Gasteiger partial charge in [0.15, 0.2) is 5.78 Å². The Labute approximate surface area is 146 Å². The van der Waals surface area contributed by atoms with Gasteiger partial charge in [0.1, 0.15) is 0 Å². The van der Waals surface area contributed by atoms with E-state index in [9.17, 15) is 9.59 Å². The number of aromatic nitrogens is 3. The molecule has 25 heavy (non-hydrogen) atoms. The molecule has 7 nitrogen and oxygen atoms in total. The summed E-state index contributed by atoms with van der Waals surface area (Å²) >= 11 is 0. The molecular weight excluding hydrogens is 318 g/mol. The van der Waals surface area contributed by atoms with E-state index in [1.165, 1.54) is 26.2 Å². The molecule has 3 heterocycles. The molecule has 1 amide bonds. The van der Waals surface area contributed by atoms with Crippen molar-refractivity contribution in [1.82, 2.24) is 19.9 Å². The number of nitrogens with one attached hydrogen (secondary N) is 2. The highest BCUT2D eigenvalue weighted by Gasteiger charge is 2.14. The van der Waals surface area contributed by atoms with Crippen molar-refractivity contribution in [2.75, 3.05) is 25.0 Å². The Morgan fingerprint density at radius 3 is 2.76 bits per heavy atom. The third-order valence-electron chi connectivity index (χ3n) is 4.31. The Morgan fingerprint density at radius 2 is 2.00 bits per heavy atom. The molecule has 0 spiro atoms. The number of ketones is 1. The van der Waals surface area contributed by atoms with Gasteiger partial charge in [0.05, 0.1) is 17.1 Å². The largest absolute Gasteiger partial charge is 0.351 e. The van der Waals surface area contributed by atoms with E-state index in [-0.39, 0.29) is 17.6 Å². The van der Waals surface area contributed by atoms with Gasteiger partial charge in [0.25, 0.3) is 0 Å². The quantitative estimate of drug-likeness (QED) is 0.788. The van der Waals surface area contributed by atoms with Crippen LogP contribution in [0.2, 0.25) is 0 Å². The Bertz CT molecular complexity index is 749. The van der Waals surface area contributed by atoms with E-state index in [2.05, 4.69) is 25.2 Å². The number of carbonyl (C=O) groups is 2. The lowest BCUT2D eigenvalue weighted by molar-refractivity contribution is -0.114. The van der Waals surface area contributed by atoms with Crippen molar-refractivity contribution in [2.24, 2.45) is 0 Å². The molecule has 0 aliphatic carbocycles. The SMILES string of the molecule is CC(=O)Nc1nccc(-c2ccc(C(=O)CCN3CCCCC3)[nH]2)n1. The molecule has 2 aromatic heterocycles. The van der Waals surface area contributed by atoms with Gasteiger partial charge in [-0.2, -0.15) is 0 Å². The highest BCUT2D eigenvalue weighted by atomic mass is 16.1. The van der Waals surface area contributed by atoms with Crippen molar-refractivity contribution >= 4 is 17.6 Å². The van der Waals surface area contributed by atoms with Crippen LogP contribution in [0.15, 0.2) is 24.4 Å². The van der Waals surface area contributed by atoms with Crippen LogP contribution >= 0.6 is 0 Å². The van der Waals surface area contributed by atoms with Crippen LogP contribution in [0.4, 0.5) is 5.95 Å². The Morgan fingerprint density at radius 1 is 1.20 bits per heavy atom. The van der Waals surface area contributed by atoms with E-state index in [0.29, 0.717) is 17.8 Å². The third kappa shape index (κ3) is 4.73. The first-order valence-electron chi connectivity index (χ1n) is 8.67. The number of piperidine rings is 1. The first-order valence-corrected chi connectivity index (χ1v) is 8.67. The molecule has 2 N–H and O–H groups in total. The lowest BCUT2D eigenvalue weighted by atomic mass is 10.1. The molecule has 1 aliphatic heterocycles. The highest BCUT2D eigenvalue weighted by molar-refractivity contribution is 5.95. The highest BCUT2D eigenvalue weighted by Crippen LogP contribution is 2.18. The summed E-state index contributed by atoms with van der Waals surface area (Å²) in [6.07, 6.45) is 5.84. The van der Waals surface area contributed by atoms with Crippen molar-refractivity contribution in [3.63, 3.8) is 0 Å². The molecule has 1 aliphatic rings. The van der Waals surface area contributed by atoms with Gasteiger partial charge in [-0.15, -0.1) is 0 Å². The number of amides is 1. The normalized spacial score (nSPS) is 15.1. The van der Waals surface area contributed by atoms with Crippen molar-refractivity contribution in [1.29, 1.82) is 0 Å². The molecule has 0 bridgehead atoms. The van der Waals surface area contributed by atoms with E-state index in [1.54, 1.807) is 18.3 Å². The molecule has 0 atom stereocenters. The van der Waals surface area contributed by atoms with Crippen molar-refractivity contribution in [2.45, 2.75) is 32.6 Å². The van der Waals surface area contributed by atoms with Crippen LogP contribution in [-0.4, -0.2) is 51.2 Å². The van der Waals surface area contributed by atoms with Gasteiger partial charge in [0, 0.05) is 26.1 Å². The molecule has 0 saturated carbocycles. The topological polar surface area (TPSA) is 91.0 Å². The summed E-state index contributed by atoms with van der Waals surface area (Å²) in [7, 11) is 0. The lowest BCUT2D eigenvalue weighted by Crippen LogP contribution is -2.31. The Hall–Kier alpha value is -2.54. The maximum Gasteiger partial charge on any atom is 0.229 e. The molecular formula is C18H23N5O2. The number of hydrogen-bond acceptors (Lipinski definition) is 5. The fraction of sp³-hybridized carbons (Fsp3) is 0.444. The predicted octanol–water partition coefficient (Wildman–Crippen LogP) is 2.49. The van der Waals surface area contributed by atoms with E-state index in [4.69, 9.17) is 0 Å². The zero-order valence-corrected chi connectivity index (χ0v) is 14.4. The summed E-state index contributed by atoms with van der Waals surface area (Å²) in [6, 6.07) is 5.35. The molecule has 132 valence electrons. The molecule has 1 fully saturated rings. The van der Waals surface area contributed by atoms with Gasteiger partial charge in [-0.25, -0.2) is 9.97 Å². The number of nitrogens with zero attached hydrogens (tertiary/aromatic N) is 3. The molecule has 0 unspecified atom stereocenters. The van der Waals surface area contributed by atoms with Gasteiger partial charge < -0.3 is 9.88 Å². The first kappa shape index (κ1) is 17.3. The smallest absolute Gasteiger partial charge is 0.229 e. The number of hydrogen-bond donors (Lipinski definition) is 2. The van der Waals surface area contributed by atoms with Crippen molar-refractivity contribution < 1.29 is 9.59 Å². The number of anilines is 1. The maximum absolute atomic E-state index is 12.4. The molecule has 7 heteroatoms. The van der Waals surface area contributed by atoms with Gasteiger partial charge in [-0.3, -0.25) is 14.9 Å².